The van der Waals surface area contributed by atoms with Gasteiger partial charge in [-0.05, 0) is 115 Å². The van der Waals surface area contributed by atoms with Gasteiger partial charge in [-0.25, -0.2) is 15.0 Å². The molecule has 66 heavy (non-hydrogen) atoms. The summed E-state index contributed by atoms with van der Waals surface area (Å²) in [5.41, 5.74) is 12.7. The molecule has 0 fully saturated rings. The zero-order chi connectivity index (χ0) is 43.3. The smallest absolute Gasteiger partial charge is 0.164 e. The van der Waals surface area contributed by atoms with Crippen molar-refractivity contribution in [2.75, 3.05) is 0 Å². The van der Waals surface area contributed by atoms with Crippen molar-refractivity contribution in [3.8, 4) is 62.1 Å². The van der Waals surface area contributed by atoms with Crippen molar-refractivity contribution in [2.24, 2.45) is 0 Å². The van der Waals surface area contributed by atoms with Crippen LogP contribution < -0.4 is 0 Å². The number of nitrogens with zero attached hydrogens (tertiary/aromatic N) is 4. The summed E-state index contributed by atoms with van der Waals surface area (Å²) in [6, 6.07) is 77.7. The molecule has 0 aliphatic heterocycles. The number of hydrogen-bond acceptors (Lipinski definition) is 4. The number of hydrogen-bond donors (Lipinski definition) is 0. The van der Waals surface area contributed by atoms with Crippen LogP contribution in [0.4, 0.5) is 0 Å². The Morgan fingerprint density at radius 1 is 0.288 bits per heavy atom. The Balaban J connectivity index is 0.889. The van der Waals surface area contributed by atoms with E-state index in [2.05, 4.69) is 193 Å². The lowest BCUT2D eigenvalue weighted by Gasteiger charge is -2.11. The lowest BCUT2D eigenvalue weighted by Crippen LogP contribution is -2.00. The van der Waals surface area contributed by atoms with E-state index in [1.807, 2.05) is 30.3 Å². The molecule has 0 spiro atoms. The number of fused-ring (bicyclic) bond motifs is 7. The third kappa shape index (κ3) is 5.70. The van der Waals surface area contributed by atoms with Gasteiger partial charge in [0, 0.05) is 43.9 Å². The highest BCUT2D eigenvalue weighted by Crippen LogP contribution is 2.44. The summed E-state index contributed by atoms with van der Waals surface area (Å²) in [5.74, 6) is 1.92. The van der Waals surface area contributed by atoms with E-state index in [0.29, 0.717) is 17.5 Å². The average molecular weight is 841 g/mol. The van der Waals surface area contributed by atoms with Crippen LogP contribution >= 0.6 is 0 Å². The summed E-state index contributed by atoms with van der Waals surface area (Å²) in [6.07, 6.45) is 0. The SMILES string of the molecule is c1ccc(-c2nc(-c3ccc(-c4ccc5c(c4)c4cc(-c6ccc7c(c6)c6cccc8oc9cccc7c9c86)ccc4n5-c4ccccc4)cc3)nc(-c3ccc4ccccc4c3)n2)cc1. The Kier molecular flexibility index (Phi) is 7.91. The van der Waals surface area contributed by atoms with E-state index in [-0.39, 0.29) is 0 Å². The summed E-state index contributed by atoms with van der Waals surface area (Å²) in [6.45, 7) is 0. The van der Waals surface area contributed by atoms with Crippen LogP contribution in [0.2, 0.25) is 0 Å². The van der Waals surface area contributed by atoms with E-state index in [9.17, 15) is 0 Å². The van der Waals surface area contributed by atoms with Gasteiger partial charge in [0.05, 0.1) is 11.0 Å². The largest absolute Gasteiger partial charge is 0.456 e. The molecule has 3 heterocycles. The van der Waals surface area contributed by atoms with Gasteiger partial charge in [-0.3, -0.25) is 0 Å². The van der Waals surface area contributed by atoms with Gasteiger partial charge in [-0.2, -0.15) is 0 Å². The molecule has 0 saturated carbocycles. The summed E-state index contributed by atoms with van der Waals surface area (Å²) in [4.78, 5) is 15.1. The predicted octanol–water partition coefficient (Wildman–Crippen LogP) is 16.1. The summed E-state index contributed by atoms with van der Waals surface area (Å²) in [7, 11) is 0. The molecule has 306 valence electrons. The first-order valence-corrected chi connectivity index (χ1v) is 22.3. The highest BCUT2D eigenvalue weighted by molar-refractivity contribution is 6.33. The zero-order valence-corrected chi connectivity index (χ0v) is 35.5. The summed E-state index contributed by atoms with van der Waals surface area (Å²) in [5, 5.41) is 12.0. The van der Waals surface area contributed by atoms with Gasteiger partial charge in [-0.15, -0.1) is 0 Å². The Morgan fingerprint density at radius 3 is 1.44 bits per heavy atom. The maximum atomic E-state index is 6.34. The quantitative estimate of drug-likeness (QED) is 0.157. The van der Waals surface area contributed by atoms with Crippen molar-refractivity contribution in [3.63, 3.8) is 0 Å². The molecule has 0 unspecified atom stereocenters. The maximum absolute atomic E-state index is 6.34. The molecular weight excluding hydrogens is 805 g/mol. The van der Waals surface area contributed by atoms with E-state index in [4.69, 9.17) is 19.4 Å². The number of furan rings is 1. The molecule has 14 rings (SSSR count). The fourth-order valence-corrected chi connectivity index (χ4v) is 10.2. The predicted molar refractivity (Wildman–Crippen MR) is 272 cm³/mol. The Bertz CT molecular complexity index is 4210. The van der Waals surface area contributed by atoms with E-state index < -0.39 is 0 Å². The zero-order valence-electron chi connectivity index (χ0n) is 35.5. The number of rotatable bonds is 6. The van der Waals surface area contributed by atoms with Crippen LogP contribution in [0.25, 0.3) is 138 Å². The molecular formula is C61H36N4O. The molecule has 0 saturated heterocycles. The minimum atomic E-state index is 0.633. The van der Waals surface area contributed by atoms with E-state index in [0.717, 1.165) is 61.1 Å². The van der Waals surface area contributed by atoms with Gasteiger partial charge in [-0.1, -0.05) is 158 Å². The number of aromatic nitrogens is 4. The Labute approximate surface area is 378 Å². The van der Waals surface area contributed by atoms with Crippen molar-refractivity contribution in [1.82, 2.24) is 19.5 Å². The van der Waals surface area contributed by atoms with Crippen molar-refractivity contribution < 1.29 is 4.42 Å². The third-order valence-corrected chi connectivity index (χ3v) is 13.4. The first-order valence-electron chi connectivity index (χ1n) is 22.3. The van der Waals surface area contributed by atoms with Crippen LogP contribution in [-0.2, 0) is 0 Å². The molecule has 0 bridgehead atoms. The molecule has 5 heteroatoms. The molecule has 0 aliphatic carbocycles. The monoisotopic (exact) mass is 840 g/mol. The van der Waals surface area contributed by atoms with Gasteiger partial charge in [0.2, 0.25) is 0 Å². The van der Waals surface area contributed by atoms with Gasteiger partial charge in [0.15, 0.2) is 17.5 Å². The molecule has 3 aromatic heterocycles. The molecule has 14 aromatic rings. The Morgan fingerprint density at radius 2 is 0.773 bits per heavy atom. The van der Waals surface area contributed by atoms with Crippen LogP contribution in [0, 0.1) is 0 Å². The first kappa shape index (κ1) is 36.5. The lowest BCUT2D eigenvalue weighted by molar-refractivity contribution is 0.669. The fraction of sp³-hybridized carbons (Fsp3) is 0. The van der Waals surface area contributed by atoms with E-state index >= 15 is 0 Å². The number of para-hydroxylation sites is 1. The normalized spacial score (nSPS) is 11.9. The molecule has 11 aromatic carbocycles. The van der Waals surface area contributed by atoms with Gasteiger partial charge < -0.3 is 8.98 Å². The number of benzene rings is 11. The molecule has 0 amide bonds. The molecule has 5 nitrogen and oxygen atoms in total. The Hall–Kier alpha value is -8.93. The van der Waals surface area contributed by atoms with Crippen molar-refractivity contribution in [3.05, 3.63) is 218 Å². The minimum Gasteiger partial charge on any atom is -0.456 e. The van der Waals surface area contributed by atoms with Crippen LogP contribution in [-0.4, -0.2) is 19.5 Å². The third-order valence-electron chi connectivity index (χ3n) is 13.4. The fourth-order valence-electron chi connectivity index (χ4n) is 10.2. The second kappa shape index (κ2) is 14.3. The lowest BCUT2D eigenvalue weighted by atomic mass is 9.92. The van der Waals surface area contributed by atoms with Crippen molar-refractivity contribution in [2.45, 2.75) is 0 Å². The topological polar surface area (TPSA) is 56.7 Å². The van der Waals surface area contributed by atoms with Crippen LogP contribution in [0.15, 0.2) is 223 Å². The summed E-state index contributed by atoms with van der Waals surface area (Å²) < 4.78 is 8.72. The molecule has 0 radical (unpaired) electrons. The van der Waals surface area contributed by atoms with Crippen LogP contribution in [0.3, 0.4) is 0 Å². The standard InChI is InChI=1S/C61H36N4O/c1-3-12-39(13-4-1)59-62-60(64-61(63-59)45-26-23-37-11-7-8-14-41(37)33-45)40-24-21-38(22-25-40)42-28-31-53-51(35-42)52-36-44(29-32-54(52)65(53)46-15-5-2-6-16-46)43-27-30-47-48-17-9-19-55-57(48)58-49(50(47)34-43)18-10-20-56(58)66-55/h1-36H. The van der Waals surface area contributed by atoms with Gasteiger partial charge in [0.25, 0.3) is 0 Å². The van der Waals surface area contributed by atoms with Crippen molar-refractivity contribution >= 4 is 76.1 Å². The molecule has 0 aliphatic rings. The van der Waals surface area contributed by atoms with E-state index in [1.165, 1.54) is 59.6 Å². The highest BCUT2D eigenvalue weighted by Gasteiger charge is 2.19. The van der Waals surface area contributed by atoms with Crippen molar-refractivity contribution in [1.29, 1.82) is 0 Å². The van der Waals surface area contributed by atoms with Crippen LogP contribution in [0.1, 0.15) is 0 Å². The minimum absolute atomic E-state index is 0.633. The van der Waals surface area contributed by atoms with Gasteiger partial charge in [0.1, 0.15) is 11.2 Å². The van der Waals surface area contributed by atoms with E-state index in [1.54, 1.807) is 0 Å². The first-order chi connectivity index (χ1) is 32.7. The second-order valence-electron chi connectivity index (χ2n) is 17.2. The molecule has 0 N–H and O–H groups in total. The van der Waals surface area contributed by atoms with Crippen LogP contribution in [0.5, 0.6) is 0 Å². The average Bonchev–Trinajstić information content (AvgIpc) is 3.94. The summed E-state index contributed by atoms with van der Waals surface area (Å²) >= 11 is 0. The molecule has 0 atom stereocenters. The highest BCUT2D eigenvalue weighted by atomic mass is 16.3. The second-order valence-corrected chi connectivity index (χ2v) is 17.2. The van der Waals surface area contributed by atoms with Gasteiger partial charge >= 0.3 is 0 Å². The maximum Gasteiger partial charge on any atom is 0.164 e.